The van der Waals surface area contributed by atoms with Gasteiger partial charge in [0.2, 0.25) is 5.79 Å². The number of hydrogen-bond donors (Lipinski definition) is 1. The predicted octanol–water partition coefficient (Wildman–Crippen LogP) is 3.55. The Bertz CT molecular complexity index is 451. The number of methoxy groups -OCH3 is 1. The van der Waals surface area contributed by atoms with Crippen LogP contribution < -0.4 is 0 Å². The highest BCUT2D eigenvalue weighted by atomic mass is 28.3. The van der Waals surface area contributed by atoms with Crippen LogP contribution in [0.15, 0.2) is 0 Å². The largest absolute Gasteiger partial charge is 0.396 e. The van der Waals surface area contributed by atoms with Crippen LogP contribution in [0, 0.1) is 17.8 Å². The van der Waals surface area contributed by atoms with E-state index < -0.39 is 25.8 Å². The molecular formula is C18H34O5Si. The summed E-state index contributed by atoms with van der Waals surface area (Å²) in [6.45, 7) is 9.36. The van der Waals surface area contributed by atoms with Gasteiger partial charge in [-0.15, -0.1) is 0 Å². The van der Waals surface area contributed by atoms with Crippen LogP contribution in [0.4, 0.5) is 0 Å². The van der Waals surface area contributed by atoms with Crippen LogP contribution in [0.3, 0.4) is 0 Å². The van der Waals surface area contributed by atoms with Crippen molar-refractivity contribution in [2.45, 2.75) is 82.4 Å². The summed E-state index contributed by atoms with van der Waals surface area (Å²) in [5, 5.41) is 9.54. The maximum absolute atomic E-state index is 9.54. The van der Waals surface area contributed by atoms with Crippen molar-refractivity contribution >= 4 is 8.07 Å². The van der Waals surface area contributed by atoms with E-state index in [1.54, 1.807) is 7.11 Å². The first-order valence-electron chi connectivity index (χ1n) is 9.43. The molecule has 3 aliphatic heterocycles. The molecule has 0 amide bonds. The van der Waals surface area contributed by atoms with Gasteiger partial charge >= 0.3 is 0 Å². The van der Waals surface area contributed by atoms with E-state index >= 15 is 0 Å². The van der Waals surface area contributed by atoms with E-state index in [9.17, 15) is 5.11 Å². The summed E-state index contributed by atoms with van der Waals surface area (Å²) < 4.78 is 12.2. The fourth-order valence-electron chi connectivity index (χ4n) is 5.22. The molecule has 1 spiro atoms. The zero-order chi connectivity index (χ0) is 17.6. The molecule has 5 nitrogen and oxygen atoms in total. The monoisotopic (exact) mass is 358 g/mol. The Morgan fingerprint density at radius 3 is 2.54 bits per heavy atom. The summed E-state index contributed by atoms with van der Waals surface area (Å²) in [5.74, 6) is 0.150. The molecular weight excluding hydrogens is 324 g/mol. The van der Waals surface area contributed by atoms with E-state index in [0.717, 1.165) is 25.3 Å². The van der Waals surface area contributed by atoms with Crippen molar-refractivity contribution in [1.82, 2.24) is 0 Å². The van der Waals surface area contributed by atoms with E-state index in [1.807, 2.05) is 6.92 Å². The van der Waals surface area contributed by atoms with Crippen LogP contribution in [0.1, 0.15) is 39.0 Å². The van der Waals surface area contributed by atoms with E-state index in [2.05, 4.69) is 19.6 Å². The summed E-state index contributed by atoms with van der Waals surface area (Å²) in [6.07, 6.45) is 4.66. The van der Waals surface area contributed by atoms with Crippen LogP contribution in [-0.2, 0) is 19.2 Å². The van der Waals surface area contributed by atoms with Gasteiger partial charge in [-0.05, 0) is 50.5 Å². The minimum absolute atomic E-state index is 0.161. The Kier molecular flexibility index (Phi) is 5.19. The zero-order valence-electron chi connectivity index (χ0n) is 15.8. The molecule has 1 N–H and O–H groups in total. The van der Waals surface area contributed by atoms with Crippen LogP contribution >= 0.6 is 0 Å². The van der Waals surface area contributed by atoms with Gasteiger partial charge in [-0.1, -0.05) is 26.1 Å². The number of fused-ring (bicyclic) bond motifs is 3. The molecule has 0 aromatic heterocycles. The molecule has 3 heterocycles. The van der Waals surface area contributed by atoms with Crippen molar-refractivity contribution in [3.8, 4) is 0 Å². The van der Waals surface area contributed by atoms with Crippen molar-refractivity contribution < 1.29 is 24.4 Å². The molecule has 2 bridgehead atoms. The summed E-state index contributed by atoms with van der Waals surface area (Å²) in [6, 6.07) is 1.15. The second-order valence-electron chi connectivity index (χ2n) is 9.26. The molecule has 24 heavy (non-hydrogen) atoms. The molecule has 0 aromatic carbocycles. The second kappa shape index (κ2) is 6.63. The average molecular weight is 359 g/mol. The molecule has 140 valence electrons. The maximum Gasteiger partial charge on any atom is 0.204 e. The summed E-state index contributed by atoms with van der Waals surface area (Å²) in [5.41, 5.74) is -0.580. The SMILES string of the molecule is CO[C@H]1O[C@]2(C)OO[C@]13[C@H](CCO)CCC[C@@H]3CC2C[Si](C)(C)C. The van der Waals surface area contributed by atoms with E-state index in [1.165, 1.54) is 6.42 Å². The Morgan fingerprint density at radius 1 is 1.17 bits per heavy atom. The van der Waals surface area contributed by atoms with Gasteiger partial charge in [0.15, 0.2) is 11.9 Å². The number of hydrogen-bond acceptors (Lipinski definition) is 5. The van der Waals surface area contributed by atoms with Crippen molar-refractivity contribution in [2.24, 2.45) is 17.8 Å². The normalized spacial score (nSPS) is 45.8. The fourth-order valence-corrected chi connectivity index (χ4v) is 7.24. The van der Waals surface area contributed by atoms with Crippen LogP contribution in [-0.4, -0.2) is 44.6 Å². The minimum Gasteiger partial charge on any atom is -0.396 e. The Labute approximate surface area is 146 Å². The van der Waals surface area contributed by atoms with Crippen LogP contribution in [0.25, 0.3) is 0 Å². The van der Waals surface area contributed by atoms with Gasteiger partial charge in [0.1, 0.15) is 0 Å². The molecule has 0 aromatic rings. The smallest absolute Gasteiger partial charge is 0.204 e. The van der Waals surface area contributed by atoms with E-state index in [0.29, 0.717) is 18.3 Å². The van der Waals surface area contributed by atoms with Crippen molar-refractivity contribution in [2.75, 3.05) is 13.7 Å². The lowest BCUT2D eigenvalue weighted by Crippen LogP contribution is -2.64. The minimum atomic E-state index is -1.27. The molecule has 6 heteroatoms. The van der Waals surface area contributed by atoms with Crippen molar-refractivity contribution in [3.63, 3.8) is 0 Å². The third-order valence-corrected chi connectivity index (χ3v) is 8.02. The molecule has 4 rings (SSSR count). The number of rotatable bonds is 5. The zero-order valence-corrected chi connectivity index (χ0v) is 16.8. The first-order valence-corrected chi connectivity index (χ1v) is 13.1. The number of aliphatic hydroxyl groups excluding tert-OH is 1. The molecule has 0 radical (unpaired) electrons. The quantitative estimate of drug-likeness (QED) is 0.602. The van der Waals surface area contributed by atoms with E-state index in [4.69, 9.17) is 19.2 Å². The summed E-state index contributed by atoms with van der Waals surface area (Å²) in [4.78, 5) is 12.1. The van der Waals surface area contributed by atoms with Gasteiger partial charge in [0.25, 0.3) is 0 Å². The van der Waals surface area contributed by atoms with Gasteiger partial charge in [-0.25, -0.2) is 9.78 Å². The van der Waals surface area contributed by atoms with Gasteiger partial charge < -0.3 is 14.6 Å². The lowest BCUT2D eigenvalue weighted by molar-refractivity contribution is -0.560. The van der Waals surface area contributed by atoms with E-state index in [-0.39, 0.29) is 12.5 Å². The standard InChI is InChI=1S/C18H34O5Si/c1-17-15(12-24(3,4)5)11-14-8-6-7-13(9-10-19)18(14,23-22-17)16(20-2)21-17/h13-16,19H,6-12H2,1-5H3/t13-,14+,15?,16-,17+,18-/m0/s1. The molecule has 1 aliphatic carbocycles. The first-order chi connectivity index (χ1) is 11.2. The van der Waals surface area contributed by atoms with Gasteiger partial charge in [-0.3, -0.25) is 0 Å². The topological polar surface area (TPSA) is 57.2 Å². The third kappa shape index (κ3) is 3.10. The van der Waals surface area contributed by atoms with Gasteiger partial charge in [-0.2, -0.15) is 0 Å². The Morgan fingerprint density at radius 2 is 1.92 bits per heavy atom. The second-order valence-corrected chi connectivity index (χ2v) is 14.8. The maximum atomic E-state index is 9.54. The van der Waals surface area contributed by atoms with Gasteiger partial charge in [0, 0.05) is 27.7 Å². The first kappa shape index (κ1) is 18.8. The van der Waals surface area contributed by atoms with Crippen LogP contribution in [0.2, 0.25) is 25.7 Å². The Balaban J connectivity index is 1.97. The predicted molar refractivity (Wildman–Crippen MR) is 94.0 cm³/mol. The highest BCUT2D eigenvalue weighted by Gasteiger charge is 2.66. The third-order valence-electron chi connectivity index (χ3n) is 6.30. The summed E-state index contributed by atoms with van der Waals surface area (Å²) in [7, 11) is 0.423. The number of aliphatic hydroxyl groups is 1. The number of ether oxygens (including phenoxy) is 2. The van der Waals surface area contributed by atoms with Gasteiger partial charge in [0.05, 0.1) is 0 Å². The lowest BCUT2D eigenvalue weighted by atomic mass is 9.64. The Hall–Kier alpha value is 0.0169. The molecule has 3 saturated heterocycles. The van der Waals surface area contributed by atoms with Crippen LogP contribution in [0.5, 0.6) is 0 Å². The van der Waals surface area contributed by atoms with Crippen molar-refractivity contribution in [3.05, 3.63) is 0 Å². The average Bonchev–Trinajstić information content (AvgIpc) is 2.68. The molecule has 4 fully saturated rings. The highest BCUT2D eigenvalue weighted by Crippen LogP contribution is 2.57. The lowest BCUT2D eigenvalue weighted by Gasteiger charge is -2.53. The molecule has 4 aliphatic rings. The highest BCUT2D eigenvalue weighted by molar-refractivity contribution is 6.76. The molecule has 1 saturated carbocycles. The summed E-state index contributed by atoms with van der Waals surface area (Å²) >= 11 is 0. The van der Waals surface area contributed by atoms with Crippen molar-refractivity contribution in [1.29, 1.82) is 0 Å². The molecule has 1 unspecified atom stereocenters. The fraction of sp³-hybridized carbons (Fsp3) is 1.00. The molecule has 6 atom stereocenters.